The van der Waals surface area contributed by atoms with Crippen LogP contribution in [0.3, 0.4) is 0 Å². The molecule has 6 aliphatic heterocycles. The van der Waals surface area contributed by atoms with Crippen LogP contribution in [0.15, 0.2) is 219 Å². The number of pyridine rings is 4. The third kappa shape index (κ3) is 12.9. The van der Waals surface area contributed by atoms with E-state index in [1.807, 2.05) is 104 Å². The average Bonchev–Trinajstić information content (AvgIpc) is 1.61. The highest BCUT2D eigenvalue weighted by molar-refractivity contribution is 5.86. The number of aromatic nitrogens is 10. The van der Waals surface area contributed by atoms with E-state index in [-0.39, 0.29) is 18.5 Å². The van der Waals surface area contributed by atoms with E-state index in [0.29, 0.717) is 24.3 Å². The molecule has 0 amide bonds. The number of fused-ring (bicyclic) bond motifs is 6. The van der Waals surface area contributed by atoms with Crippen molar-refractivity contribution in [3.63, 3.8) is 0 Å². The third-order valence-electron chi connectivity index (χ3n) is 20.8. The van der Waals surface area contributed by atoms with Crippen molar-refractivity contribution < 1.29 is 13.5 Å². The maximum Gasteiger partial charge on any atom is 0.327 e. The molecule has 12 heterocycles. The number of rotatable bonds is 9. The van der Waals surface area contributed by atoms with Crippen molar-refractivity contribution in [2.45, 2.75) is 78.5 Å². The number of aryl methyl sites for hydroxylation is 4. The molecule has 0 saturated carbocycles. The van der Waals surface area contributed by atoms with Crippen molar-refractivity contribution in [2.24, 2.45) is 28.2 Å². The Balaban J connectivity index is 0.000000116. The monoisotopic (exact) mass is 1360 g/mol. The first kappa shape index (κ1) is 68.1. The predicted molar refractivity (Wildman–Crippen MR) is 406 cm³/mol. The number of anilines is 13. The van der Waals surface area contributed by atoms with Crippen molar-refractivity contribution in [1.29, 1.82) is 0 Å². The van der Waals surface area contributed by atoms with E-state index in [2.05, 4.69) is 305 Å². The van der Waals surface area contributed by atoms with Crippen LogP contribution in [0, 0.1) is 6.08 Å². The molecule has 0 radical (unpaired) electrons. The second kappa shape index (κ2) is 28.8. The lowest BCUT2D eigenvalue weighted by Crippen LogP contribution is -2.49. The summed E-state index contributed by atoms with van der Waals surface area (Å²) < 4.78 is 19.8. The van der Waals surface area contributed by atoms with E-state index in [0.717, 1.165) is 48.9 Å². The molecule has 0 aliphatic carbocycles. The Morgan fingerprint density at radius 3 is 1.10 bits per heavy atom. The Kier molecular flexibility index (Phi) is 19.4. The second-order valence-electron chi connectivity index (χ2n) is 26.4. The Morgan fingerprint density at radius 1 is 0.347 bits per heavy atom. The fourth-order valence-corrected chi connectivity index (χ4v) is 14.4. The predicted octanol–water partition coefficient (Wildman–Crippen LogP) is 11.9. The number of hydrogen-bond acceptors (Lipinski definition) is 18. The van der Waals surface area contributed by atoms with E-state index < -0.39 is 6.08 Å². The molecule has 6 aliphatic rings. The van der Waals surface area contributed by atoms with Gasteiger partial charge in [-0.1, -0.05) is 66.7 Å². The molecule has 6 atom stereocenters. The second-order valence-corrected chi connectivity index (χ2v) is 26.4. The molecule has 22 nitrogen and oxygen atoms in total. The van der Waals surface area contributed by atoms with E-state index in [4.69, 9.17) is 0 Å². The fraction of sp³-hybridized carbons (Fsp3) is 0.308. The SMILES string of the molecule is C[C@@H]1N(C)c2ccccc2N1CN1c2ccccc2N(C)[C@@H]1C.C[C@@H]1N(C)c2cccnc2N1CN1c2ncccc2N(C)[C@@H]1C.C[C@H]1N(C)c2ccccc2N1CN1c2ccccc2N(c2ccccc2)[C@H]1C.Cn1nc(F)nc1-c1cccc[n+]1C.Cn1ncnc1-c1cccc[n+]1C. The quantitative estimate of drug-likeness (QED) is 0.127. The minimum absolute atomic E-state index is 0.241. The highest BCUT2D eigenvalue weighted by Crippen LogP contribution is 2.47. The molecule has 0 bridgehead atoms. The molecular weight excluding hydrogens is 1260 g/mol. The summed E-state index contributed by atoms with van der Waals surface area (Å²) in [4.78, 5) is 45.8. The number of nitrogens with zero attached hydrogens (tertiary/aromatic N) is 22. The van der Waals surface area contributed by atoms with Crippen LogP contribution < -0.4 is 67.9 Å². The standard InChI is InChI=1S/C24H26N4.C19H24N4.C17H22N6.C9H10FN4.C9H11N4/c1-18-25(3)21-13-7-8-14-22(21)26(18)17-27-19(2)28(20-11-5-4-6-12-20)24-16-10-9-15-23(24)27;1-14-20(3)16-9-5-7-11-18(16)22(14)13-23-15(2)21(4)17-10-6-8-12-19(17)23;1-12-20(3)14-7-5-9-18-16(14)22(12)11-23-13(2)21(4)15-8-6-10-19-17(15)23;1-13-6-4-3-5-7(13)8-11-9(10)12-14(8)2;1-12-6-4-3-5-8(12)9-10-7-11-13(9)2/h4-16,18-19H,17H2,1-3H3;5-12,14-15H,13H2,1-4H3;5-10,12-13H,11H2,1-4H3;3-6H,1-2H3;3-7H,1-2H3/q;;;2*+1/t18-,19-;14-,15+;12-,13+;;/m0..../s1. The molecule has 6 aromatic heterocycles. The van der Waals surface area contributed by atoms with Gasteiger partial charge in [0.1, 0.15) is 57.4 Å². The summed E-state index contributed by atoms with van der Waals surface area (Å²) in [6.07, 6.45) is 10.3. The van der Waals surface area contributed by atoms with Crippen molar-refractivity contribution >= 4 is 74.2 Å². The normalized spacial score (nSPS) is 18.8. The van der Waals surface area contributed by atoms with Gasteiger partial charge in [-0.15, -0.1) is 5.10 Å². The van der Waals surface area contributed by atoms with Gasteiger partial charge in [-0.3, -0.25) is 0 Å². The van der Waals surface area contributed by atoms with E-state index >= 15 is 0 Å². The molecule has 101 heavy (non-hydrogen) atoms. The largest absolute Gasteiger partial charge is 0.353 e. The van der Waals surface area contributed by atoms with Gasteiger partial charge < -0.3 is 58.8 Å². The molecule has 0 N–H and O–H groups in total. The zero-order valence-electron chi connectivity index (χ0n) is 60.6. The number of benzene rings is 5. The van der Waals surface area contributed by atoms with Crippen LogP contribution in [0.25, 0.3) is 23.0 Å². The molecule has 0 saturated heterocycles. The minimum Gasteiger partial charge on any atom is -0.353 e. The van der Waals surface area contributed by atoms with Crippen LogP contribution in [-0.4, -0.2) is 132 Å². The van der Waals surface area contributed by atoms with Crippen molar-refractivity contribution in [3.8, 4) is 23.0 Å². The average molecular weight is 1360 g/mol. The maximum atomic E-state index is 12.8. The van der Waals surface area contributed by atoms with Crippen LogP contribution in [0.5, 0.6) is 0 Å². The topological polar surface area (TPSA) is 134 Å². The highest BCUT2D eigenvalue weighted by atomic mass is 19.1. The zero-order valence-corrected chi connectivity index (χ0v) is 60.6. The van der Waals surface area contributed by atoms with Gasteiger partial charge in [0.15, 0.2) is 24.0 Å². The van der Waals surface area contributed by atoms with Crippen molar-refractivity contribution in [2.75, 3.05) is 114 Å². The third-order valence-corrected chi connectivity index (χ3v) is 20.8. The first-order chi connectivity index (χ1) is 48.8. The van der Waals surface area contributed by atoms with E-state index in [1.54, 1.807) is 18.1 Å². The van der Waals surface area contributed by atoms with Crippen molar-refractivity contribution in [1.82, 2.24) is 39.5 Å². The first-order valence-electron chi connectivity index (χ1n) is 34.5. The van der Waals surface area contributed by atoms with E-state index in [1.165, 1.54) is 67.2 Å². The van der Waals surface area contributed by atoms with Gasteiger partial charge in [0, 0.05) is 91.7 Å². The summed E-state index contributed by atoms with van der Waals surface area (Å²) in [6.45, 7) is 16.1. The van der Waals surface area contributed by atoms with Crippen LogP contribution in [0.2, 0.25) is 0 Å². The molecule has 0 unspecified atom stereocenters. The van der Waals surface area contributed by atoms with Gasteiger partial charge in [0.25, 0.3) is 0 Å². The van der Waals surface area contributed by atoms with Crippen LogP contribution in [0.4, 0.5) is 78.6 Å². The van der Waals surface area contributed by atoms with Crippen LogP contribution >= 0.6 is 0 Å². The summed E-state index contributed by atoms with van der Waals surface area (Å²) in [7, 11) is 18.2. The summed E-state index contributed by atoms with van der Waals surface area (Å²) in [5.41, 5.74) is 15.9. The molecule has 17 rings (SSSR count). The summed E-state index contributed by atoms with van der Waals surface area (Å²) in [6, 6.07) is 65.4. The van der Waals surface area contributed by atoms with Gasteiger partial charge >= 0.3 is 6.08 Å². The lowest BCUT2D eigenvalue weighted by atomic mass is 10.2. The van der Waals surface area contributed by atoms with E-state index in [9.17, 15) is 4.39 Å². The molecule has 0 spiro atoms. The van der Waals surface area contributed by atoms with Crippen LogP contribution in [0.1, 0.15) is 41.5 Å². The maximum absolute atomic E-state index is 12.8. The summed E-state index contributed by atoms with van der Waals surface area (Å²) in [5.74, 6) is 3.48. The zero-order chi connectivity index (χ0) is 70.9. The number of halogens is 1. The highest BCUT2D eigenvalue weighted by Gasteiger charge is 2.41. The molecular formula is C78H93FN22+2. The Hall–Kier alpha value is -11.5. The molecule has 520 valence electrons. The smallest absolute Gasteiger partial charge is 0.327 e. The summed E-state index contributed by atoms with van der Waals surface area (Å²) >= 11 is 0. The van der Waals surface area contributed by atoms with Gasteiger partial charge in [0.05, 0.1) is 76.9 Å². The summed E-state index contributed by atoms with van der Waals surface area (Å²) in [5, 5.41) is 7.58. The van der Waals surface area contributed by atoms with Gasteiger partial charge in [-0.05, 0) is 139 Å². The van der Waals surface area contributed by atoms with Gasteiger partial charge in [-0.25, -0.2) is 24.3 Å². The minimum atomic E-state index is -0.702. The van der Waals surface area contributed by atoms with Crippen LogP contribution in [-0.2, 0) is 28.2 Å². The van der Waals surface area contributed by atoms with Crippen molar-refractivity contribution in [3.05, 3.63) is 225 Å². The molecule has 23 heteroatoms. The lowest BCUT2D eigenvalue weighted by molar-refractivity contribution is -0.660. The number of para-hydroxylation sites is 9. The van der Waals surface area contributed by atoms with Gasteiger partial charge in [0.2, 0.25) is 23.0 Å². The first-order valence-corrected chi connectivity index (χ1v) is 34.5. The lowest BCUT2D eigenvalue weighted by Gasteiger charge is -2.36. The molecule has 0 fully saturated rings. The Morgan fingerprint density at radius 2 is 0.693 bits per heavy atom. The fourth-order valence-electron chi connectivity index (χ4n) is 14.4. The molecule has 11 aromatic rings. The molecule has 5 aromatic carbocycles. The Labute approximate surface area is 593 Å². The number of hydrogen-bond donors (Lipinski definition) is 0. The Bertz CT molecular complexity index is 4410. The van der Waals surface area contributed by atoms with Gasteiger partial charge in [-0.2, -0.15) is 23.6 Å².